The minimum Gasteiger partial charge on any atom is -0.317 e. The van der Waals surface area contributed by atoms with E-state index in [4.69, 9.17) is 0 Å². The molecule has 1 fully saturated rings. The molecule has 1 N–H and O–H groups in total. The lowest BCUT2D eigenvalue weighted by molar-refractivity contribution is 0.531. The van der Waals surface area contributed by atoms with Gasteiger partial charge in [0, 0.05) is 15.5 Å². The summed E-state index contributed by atoms with van der Waals surface area (Å²) < 4.78 is 1.16. The molecule has 1 aliphatic heterocycles. The largest absolute Gasteiger partial charge is 0.317 e. The second-order valence-electron chi connectivity index (χ2n) is 3.89. The van der Waals surface area contributed by atoms with Crippen LogP contribution in [-0.2, 0) is 5.75 Å². The molecule has 15 heavy (non-hydrogen) atoms. The predicted molar refractivity (Wildman–Crippen MR) is 71.3 cm³/mol. The maximum atomic E-state index is 3.46. The third kappa shape index (κ3) is 3.82. The van der Waals surface area contributed by atoms with Crippen molar-refractivity contribution >= 4 is 27.7 Å². The van der Waals surface area contributed by atoms with Crippen LogP contribution < -0.4 is 5.32 Å². The molecule has 0 spiro atoms. The number of benzene rings is 1. The molecular weight excluding hydrogens is 270 g/mol. The van der Waals surface area contributed by atoms with Crippen molar-refractivity contribution < 1.29 is 0 Å². The van der Waals surface area contributed by atoms with Crippen molar-refractivity contribution in [2.75, 3.05) is 13.1 Å². The van der Waals surface area contributed by atoms with Crippen LogP contribution in [0.3, 0.4) is 0 Å². The zero-order valence-corrected chi connectivity index (χ0v) is 11.1. The highest BCUT2D eigenvalue weighted by atomic mass is 79.9. The average molecular weight is 286 g/mol. The van der Waals surface area contributed by atoms with Crippen molar-refractivity contribution in [3.63, 3.8) is 0 Å². The molecule has 1 aromatic rings. The first-order chi connectivity index (χ1) is 7.34. The van der Waals surface area contributed by atoms with Gasteiger partial charge in [-0.15, -0.1) is 0 Å². The third-order valence-electron chi connectivity index (χ3n) is 2.69. The number of hydrogen-bond donors (Lipinski definition) is 1. The lowest BCUT2D eigenvalue weighted by Gasteiger charge is -2.21. The number of rotatable bonds is 3. The molecule has 82 valence electrons. The van der Waals surface area contributed by atoms with E-state index >= 15 is 0 Å². The van der Waals surface area contributed by atoms with Crippen molar-refractivity contribution in [3.05, 3.63) is 34.3 Å². The SMILES string of the molecule is Brc1ccc(CSC2CCNCC2)cc1. The monoisotopic (exact) mass is 285 g/mol. The van der Waals surface area contributed by atoms with Crippen molar-refractivity contribution in [1.82, 2.24) is 5.32 Å². The number of nitrogens with one attached hydrogen (secondary N) is 1. The summed E-state index contributed by atoms with van der Waals surface area (Å²) in [4.78, 5) is 0. The summed E-state index contributed by atoms with van der Waals surface area (Å²) >= 11 is 5.56. The van der Waals surface area contributed by atoms with Crippen LogP contribution in [0.15, 0.2) is 28.7 Å². The maximum Gasteiger partial charge on any atom is 0.0187 e. The molecule has 0 atom stereocenters. The van der Waals surface area contributed by atoms with E-state index < -0.39 is 0 Å². The highest BCUT2D eigenvalue weighted by Gasteiger charge is 2.12. The third-order valence-corrected chi connectivity index (χ3v) is 4.66. The van der Waals surface area contributed by atoms with Crippen LogP contribution >= 0.6 is 27.7 Å². The van der Waals surface area contributed by atoms with E-state index in [0.717, 1.165) is 15.5 Å². The second-order valence-corrected chi connectivity index (χ2v) is 6.09. The lowest BCUT2D eigenvalue weighted by atomic mass is 10.2. The van der Waals surface area contributed by atoms with Crippen molar-refractivity contribution in [1.29, 1.82) is 0 Å². The van der Waals surface area contributed by atoms with Gasteiger partial charge >= 0.3 is 0 Å². The molecule has 0 unspecified atom stereocenters. The molecule has 0 aliphatic carbocycles. The molecule has 1 saturated heterocycles. The van der Waals surface area contributed by atoms with Gasteiger partial charge in [0.25, 0.3) is 0 Å². The molecule has 0 radical (unpaired) electrons. The Labute approximate surface area is 104 Å². The van der Waals surface area contributed by atoms with E-state index in [1.807, 2.05) is 0 Å². The predicted octanol–water partition coefficient (Wildman–Crippen LogP) is 3.43. The first-order valence-electron chi connectivity index (χ1n) is 5.41. The summed E-state index contributed by atoms with van der Waals surface area (Å²) in [6.45, 7) is 2.38. The zero-order valence-electron chi connectivity index (χ0n) is 8.71. The van der Waals surface area contributed by atoms with Crippen LogP contribution in [0.2, 0.25) is 0 Å². The van der Waals surface area contributed by atoms with Gasteiger partial charge in [-0.3, -0.25) is 0 Å². The molecule has 2 rings (SSSR count). The Kier molecular flexibility index (Phi) is 4.54. The topological polar surface area (TPSA) is 12.0 Å². The smallest absolute Gasteiger partial charge is 0.0187 e. The normalized spacial score (nSPS) is 17.9. The van der Waals surface area contributed by atoms with E-state index in [2.05, 4.69) is 57.3 Å². The van der Waals surface area contributed by atoms with Gasteiger partial charge in [-0.1, -0.05) is 28.1 Å². The Balaban J connectivity index is 1.79. The van der Waals surface area contributed by atoms with Crippen LogP contribution in [0.25, 0.3) is 0 Å². The molecule has 0 amide bonds. The second kappa shape index (κ2) is 5.92. The fraction of sp³-hybridized carbons (Fsp3) is 0.500. The summed E-state index contributed by atoms with van der Waals surface area (Å²) in [7, 11) is 0. The van der Waals surface area contributed by atoms with E-state index in [1.165, 1.54) is 31.5 Å². The zero-order chi connectivity index (χ0) is 10.5. The van der Waals surface area contributed by atoms with Gasteiger partial charge in [0.2, 0.25) is 0 Å². The summed E-state index contributed by atoms with van der Waals surface area (Å²) in [5, 5.41) is 4.26. The van der Waals surface area contributed by atoms with Crippen LogP contribution in [0.5, 0.6) is 0 Å². The Bertz CT molecular complexity index is 293. The molecule has 1 nitrogen and oxygen atoms in total. The minimum atomic E-state index is 0.856. The standard InChI is InChI=1S/C12H16BrNS/c13-11-3-1-10(2-4-11)9-15-12-5-7-14-8-6-12/h1-4,12,14H,5-9H2. The fourth-order valence-electron chi connectivity index (χ4n) is 1.76. The number of halogens is 1. The van der Waals surface area contributed by atoms with E-state index in [1.54, 1.807) is 0 Å². The van der Waals surface area contributed by atoms with Crippen LogP contribution in [0.1, 0.15) is 18.4 Å². The van der Waals surface area contributed by atoms with Crippen LogP contribution in [-0.4, -0.2) is 18.3 Å². The summed E-state index contributed by atoms with van der Waals surface area (Å²) in [6.07, 6.45) is 2.64. The number of thioether (sulfide) groups is 1. The van der Waals surface area contributed by atoms with Gasteiger partial charge < -0.3 is 5.32 Å². The van der Waals surface area contributed by atoms with Gasteiger partial charge in [-0.25, -0.2) is 0 Å². The average Bonchev–Trinajstić information content (AvgIpc) is 2.30. The van der Waals surface area contributed by atoms with Crippen LogP contribution in [0, 0.1) is 0 Å². The van der Waals surface area contributed by atoms with E-state index in [9.17, 15) is 0 Å². The summed E-state index contributed by atoms with van der Waals surface area (Å²) in [5.74, 6) is 1.15. The Morgan fingerprint density at radius 1 is 1.20 bits per heavy atom. The first-order valence-corrected chi connectivity index (χ1v) is 7.25. The quantitative estimate of drug-likeness (QED) is 0.913. The molecule has 1 aliphatic rings. The minimum absolute atomic E-state index is 0.856. The molecule has 1 heterocycles. The molecular formula is C12H16BrNS. The Morgan fingerprint density at radius 2 is 1.87 bits per heavy atom. The van der Waals surface area contributed by atoms with Gasteiger partial charge in [0.05, 0.1) is 0 Å². The molecule has 0 aromatic heterocycles. The van der Waals surface area contributed by atoms with Gasteiger partial charge in [0.1, 0.15) is 0 Å². The van der Waals surface area contributed by atoms with Gasteiger partial charge in [-0.05, 0) is 43.6 Å². The number of hydrogen-bond acceptors (Lipinski definition) is 2. The van der Waals surface area contributed by atoms with Crippen molar-refractivity contribution in [3.8, 4) is 0 Å². The highest BCUT2D eigenvalue weighted by molar-refractivity contribution is 9.10. The Hall–Kier alpha value is 0.01000. The lowest BCUT2D eigenvalue weighted by Crippen LogP contribution is -2.29. The highest BCUT2D eigenvalue weighted by Crippen LogP contribution is 2.24. The first kappa shape index (κ1) is 11.5. The molecule has 1 aromatic carbocycles. The summed E-state index contributed by atoms with van der Waals surface area (Å²) in [5.41, 5.74) is 1.43. The van der Waals surface area contributed by atoms with E-state index in [0.29, 0.717) is 0 Å². The van der Waals surface area contributed by atoms with Crippen LogP contribution in [0.4, 0.5) is 0 Å². The Morgan fingerprint density at radius 3 is 2.53 bits per heavy atom. The number of piperidine rings is 1. The molecule has 0 bridgehead atoms. The van der Waals surface area contributed by atoms with Gasteiger partial charge in [0.15, 0.2) is 0 Å². The summed E-state index contributed by atoms with van der Waals surface area (Å²) in [6, 6.07) is 8.66. The van der Waals surface area contributed by atoms with Crippen molar-refractivity contribution in [2.45, 2.75) is 23.8 Å². The molecule has 0 saturated carbocycles. The van der Waals surface area contributed by atoms with E-state index in [-0.39, 0.29) is 0 Å². The molecule has 3 heteroatoms. The maximum absolute atomic E-state index is 3.46. The fourth-order valence-corrected chi connectivity index (χ4v) is 3.21. The van der Waals surface area contributed by atoms with Gasteiger partial charge in [-0.2, -0.15) is 11.8 Å². The van der Waals surface area contributed by atoms with Crippen molar-refractivity contribution in [2.24, 2.45) is 0 Å².